The molecule has 0 unspecified atom stereocenters. The second-order valence-corrected chi connectivity index (χ2v) is 4.43. The fourth-order valence-electron chi connectivity index (χ4n) is 1.91. The maximum absolute atomic E-state index is 12.0. The third kappa shape index (κ3) is 3.10. The quantitative estimate of drug-likeness (QED) is 0.694. The van der Waals surface area contributed by atoms with Gasteiger partial charge in [0.15, 0.2) is 0 Å². The van der Waals surface area contributed by atoms with Gasteiger partial charge in [0.05, 0.1) is 5.54 Å². The summed E-state index contributed by atoms with van der Waals surface area (Å²) in [5, 5.41) is 1.06. The monoisotopic (exact) mass is 239 g/mol. The smallest absolute Gasteiger partial charge is 0.361 e. The van der Waals surface area contributed by atoms with Gasteiger partial charge in [0.25, 0.3) is 0 Å². The Morgan fingerprint density at radius 2 is 1.75 bits per heavy atom. The van der Waals surface area contributed by atoms with Crippen molar-refractivity contribution in [2.45, 2.75) is 50.7 Å². The van der Waals surface area contributed by atoms with Crippen LogP contribution in [-0.2, 0) is 9.63 Å². The minimum Gasteiger partial charge on any atom is -0.361 e. The van der Waals surface area contributed by atoms with Gasteiger partial charge in [0.1, 0.15) is 0 Å². The summed E-state index contributed by atoms with van der Waals surface area (Å²) in [6.07, 6.45) is -0.464. The lowest BCUT2D eigenvalue weighted by molar-refractivity contribution is -0.254. The van der Waals surface area contributed by atoms with Gasteiger partial charge in [-0.25, -0.2) is 4.79 Å². The first kappa shape index (κ1) is 13.3. The molecule has 1 aliphatic rings. The molecule has 1 fully saturated rings. The van der Waals surface area contributed by atoms with Crippen molar-refractivity contribution >= 4 is 5.97 Å². The van der Waals surface area contributed by atoms with Crippen molar-refractivity contribution in [3.05, 3.63) is 0 Å². The standard InChI is InChI=1S/C10H16F3NO2/c1-9(6-4-3-5-7-9)14(2)16-8(15)10(11,12)13/h3-7H2,1-2H3. The predicted molar refractivity (Wildman–Crippen MR) is 51.4 cm³/mol. The number of rotatable bonds is 2. The molecule has 0 saturated heterocycles. The van der Waals surface area contributed by atoms with Crippen LogP contribution in [0.25, 0.3) is 0 Å². The number of alkyl halides is 3. The number of hydrogen-bond acceptors (Lipinski definition) is 3. The summed E-state index contributed by atoms with van der Waals surface area (Å²) < 4.78 is 36.0. The molecular formula is C10H16F3NO2. The number of nitrogens with zero attached hydrogens (tertiary/aromatic N) is 1. The van der Waals surface area contributed by atoms with E-state index in [-0.39, 0.29) is 0 Å². The molecule has 0 N–H and O–H groups in total. The van der Waals surface area contributed by atoms with E-state index in [4.69, 9.17) is 0 Å². The van der Waals surface area contributed by atoms with Crippen LogP contribution in [0.4, 0.5) is 13.2 Å². The largest absolute Gasteiger partial charge is 0.492 e. The first-order valence-electron chi connectivity index (χ1n) is 5.29. The summed E-state index contributed by atoms with van der Waals surface area (Å²) in [7, 11) is 1.38. The molecule has 1 aliphatic carbocycles. The van der Waals surface area contributed by atoms with E-state index in [0.717, 1.165) is 37.2 Å². The van der Waals surface area contributed by atoms with E-state index < -0.39 is 17.7 Å². The van der Waals surface area contributed by atoms with Gasteiger partial charge >= 0.3 is 12.1 Å². The van der Waals surface area contributed by atoms with Crippen LogP contribution in [0.5, 0.6) is 0 Å². The fraction of sp³-hybridized carbons (Fsp3) is 0.900. The van der Waals surface area contributed by atoms with Crippen molar-refractivity contribution < 1.29 is 22.8 Å². The van der Waals surface area contributed by atoms with E-state index in [0.29, 0.717) is 0 Å². The zero-order chi connectivity index (χ0) is 12.4. The summed E-state index contributed by atoms with van der Waals surface area (Å²) in [5.41, 5.74) is -0.473. The van der Waals surface area contributed by atoms with E-state index in [1.165, 1.54) is 7.05 Å². The lowest BCUT2D eigenvalue weighted by atomic mass is 9.83. The molecule has 0 amide bonds. The molecular weight excluding hydrogens is 223 g/mol. The number of carbonyl (C=O) groups is 1. The maximum Gasteiger partial charge on any atom is 0.492 e. The fourth-order valence-corrected chi connectivity index (χ4v) is 1.91. The summed E-state index contributed by atoms with van der Waals surface area (Å²) in [5.74, 6) is -2.15. The molecule has 1 rings (SSSR count). The minimum absolute atomic E-state index is 0.473. The first-order valence-corrected chi connectivity index (χ1v) is 5.29. The molecule has 0 bridgehead atoms. The molecule has 1 saturated carbocycles. The van der Waals surface area contributed by atoms with E-state index in [9.17, 15) is 18.0 Å². The highest BCUT2D eigenvalue weighted by molar-refractivity contribution is 5.75. The van der Waals surface area contributed by atoms with Crippen LogP contribution in [0, 0.1) is 0 Å². The van der Waals surface area contributed by atoms with Crippen LogP contribution in [0.3, 0.4) is 0 Å². The molecule has 0 atom stereocenters. The second-order valence-electron chi connectivity index (χ2n) is 4.43. The van der Waals surface area contributed by atoms with Crippen LogP contribution < -0.4 is 0 Å². The molecule has 0 radical (unpaired) electrons. The van der Waals surface area contributed by atoms with E-state index >= 15 is 0 Å². The summed E-state index contributed by atoms with van der Waals surface area (Å²) in [6.45, 7) is 1.82. The topological polar surface area (TPSA) is 29.5 Å². The van der Waals surface area contributed by atoms with Crippen molar-refractivity contribution in [1.29, 1.82) is 0 Å². The van der Waals surface area contributed by atoms with Crippen molar-refractivity contribution in [2.75, 3.05) is 7.05 Å². The van der Waals surface area contributed by atoms with Gasteiger partial charge in [0.2, 0.25) is 0 Å². The van der Waals surface area contributed by atoms with Gasteiger partial charge in [-0.2, -0.15) is 13.2 Å². The van der Waals surface area contributed by atoms with Gasteiger partial charge < -0.3 is 4.84 Å². The molecule has 0 aromatic rings. The number of hydrogen-bond donors (Lipinski definition) is 0. The van der Waals surface area contributed by atoms with Gasteiger partial charge in [-0.3, -0.25) is 0 Å². The average molecular weight is 239 g/mol. The lowest BCUT2D eigenvalue weighted by Gasteiger charge is -2.39. The van der Waals surface area contributed by atoms with E-state index in [1.807, 2.05) is 6.92 Å². The lowest BCUT2D eigenvalue weighted by Crippen LogP contribution is -2.48. The van der Waals surface area contributed by atoms with Gasteiger partial charge in [-0.1, -0.05) is 19.3 Å². The van der Waals surface area contributed by atoms with Gasteiger partial charge in [-0.05, 0) is 19.8 Å². The Bertz CT molecular complexity index is 259. The highest BCUT2D eigenvalue weighted by Gasteiger charge is 2.44. The van der Waals surface area contributed by atoms with Crippen LogP contribution in [0.1, 0.15) is 39.0 Å². The molecule has 94 valence electrons. The highest BCUT2D eigenvalue weighted by Crippen LogP contribution is 2.33. The normalized spacial score (nSPS) is 20.9. The molecule has 0 aromatic carbocycles. The maximum atomic E-state index is 12.0. The number of hydroxylamine groups is 2. The first-order chi connectivity index (χ1) is 7.26. The number of carbonyl (C=O) groups excluding carboxylic acids is 1. The Balaban J connectivity index is 2.57. The summed E-state index contributed by atoms with van der Waals surface area (Å²) >= 11 is 0. The van der Waals surface area contributed by atoms with Gasteiger partial charge in [0, 0.05) is 7.05 Å². The van der Waals surface area contributed by atoms with Crippen LogP contribution in [-0.4, -0.2) is 29.8 Å². The molecule has 16 heavy (non-hydrogen) atoms. The Hall–Kier alpha value is -0.780. The Labute approximate surface area is 92.5 Å². The summed E-state index contributed by atoms with van der Waals surface area (Å²) in [4.78, 5) is 15.0. The second kappa shape index (κ2) is 4.61. The Morgan fingerprint density at radius 3 is 2.19 bits per heavy atom. The van der Waals surface area contributed by atoms with Crippen molar-refractivity contribution in [3.8, 4) is 0 Å². The van der Waals surface area contributed by atoms with E-state index in [2.05, 4.69) is 4.84 Å². The van der Waals surface area contributed by atoms with Crippen LogP contribution in [0.15, 0.2) is 0 Å². The Kier molecular flexibility index (Phi) is 3.83. The average Bonchev–Trinajstić information content (AvgIpc) is 2.17. The minimum atomic E-state index is -4.93. The molecule has 0 heterocycles. The molecule has 0 spiro atoms. The molecule has 3 nitrogen and oxygen atoms in total. The number of halogens is 3. The Morgan fingerprint density at radius 1 is 1.25 bits per heavy atom. The highest BCUT2D eigenvalue weighted by atomic mass is 19.4. The molecule has 0 aliphatic heterocycles. The third-order valence-electron chi connectivity index (χ3n) is 3.14. The zero-order valence-corrected chi connectivity index (χ0v) is 9.43. The zero-order valence-electron chi connectivity index (χ0n) is 9.43. The predicted octanol–water partition coefficient (Wildman–Crippen LogP) is 2.66. The van der Waals surface area contributed by atoms with Crippen LogP contribution in [0.2, 0.25) is 0 Å². The SMILES string of the molecule is CN(OC(=O)C(F)(F)F)C1(C)CCCCC1. The van der Waals surface area contributed by atoms with Gasteiger partial charge in [-0.15, -0.1) is 5.06 Å². The van der Waals surface area contributed by atoms with Crippen molar-refractivity contribution in [1.82, 2.24) is 5.06 Å². The molecule has 6 heteroatoms. The summed E-state index contributed by atoms with van der Waals surface area (Å²) in [6, 6.07) is 0. The van der Waals surface area contributed by atoms with Crippen molar-refractivity contribution in [2.24, 2.45) is 0 Å². The van der Waals surface area contributed by atoms with Crippen molar-refractivity contribution in [3.63, 3.8) is 0 Å². The van der Waals surface area contributed by atoms with E-state index in [1.54, 1.807) is 0 Å². The third-order valence-corrected chi connectivity index (χ3v) is 3.14. The van der Waals surface area contributed by atoms with Crippen LogP contribution >= 0.6 is 0 Å². The molecule has 0 aromatic heterocycles.